The summed E-state index contributed by atoms with van der Waals surface area (Å²) >= 11 is 0. The highest BCUT2D eigenvalue weighted by atomic mass is 16.5. The SMILES string of the molecule is CCCCCCOC(=O)c1ccc(OC(=O)/C=C\C(=O)Oc2ccc(OCCCCCC)cc2)cc1. The minimum Gasteiger partial charge on any atom is -0.494 e. The Bertz CT molecular complexity index is 962. The number of carbonyl (C=O) groups excluding carboxylic acids is 3. The third-order valence-corrected chi connectivity index (χ3v) is 5.20. The monoisotopic (exact) mass is 496 g/mol. The van der Waals surface area contributed by atoms with Crippen LogP contribution in [0, 0.1) is 0 Å². The van der Waals surface area contributed by atoms with Crippen molar-refractivity contribution in [2.24, 2.45) is 0 Å². The van der Waals surface area contributed by atoms with Crippen LogP contribution in [0.25, 0.3) is 0 Å². The first-order valence-corrected chi connectivity index (χ1v) is 12.6. The van der Waals surface area contributed by atoms with E-state index in [-0.39, 0.29) is 5.75 Å². The van der Waals surface area contributed by atoms with Crippen molar-refractivity contribution in [3.05, 3.63) is 66.2 Å². The van der Waals surface area contributed by atoms with Gasteiger partial charge in [0.05, 0.1) is 18.8 Å². The molecule has 2 rings (SSSR count). The second kappa shape index (κ2) is 16.9. The van der Waals surface area contributed by atoms with E-state index in [1.165, 1.54) is 37.1 Å². The summed E-state index contributed by atoms with van der Waals surface area (Å²) in [6.07, 6.45) is 10.6. The standard InChI is InChI=1S/C29H36O7/c1-3-5-7-9-21-33-24-15-17-26(18-16-24)36-28(31)20-19-27(30)35-25-13-11-23(12-14-25)29(32)34-22-10-8-6-4-2/h11-20H,3-10,21-22H2,1-2H3/b20-19-. The van der Waals surface area contributed by atoms with Crippen molar-refractivity contribution in [2.75, 3.05) is 13.2 Å². The molecule has 0 aliphatic rings. The number of carbonyl (C=O) groups is 3. The Morgan fingerprint density at radius 2 is 1.08 bits per heavy atom. The lowest BCUT2D eigenvalue weighted by molar-refractivity contribution is -0.131. The molecule has 0 N–H and O–H groups in total. The van der Waals surface area contributed by atoms with Crippen LogP contribution in [0.15, 0.2) is 60.7 Å². The topological polar surface area (TPSA) is 88.1 Å². The van der Waals surface area contributed by atoms with Crippen molar-refractivity contribution in [1.82, 2.24) is 0 Å². The molecule has 0 saturated carbocycles. The number of hydrogen-bond acceptors (Lipinski definition) is 7. The molecule has 2 aromatic carbocycles. The smallest absolute Gasteiger partial charge is 0.338 e. The van der Waals surface area contributed by atoms with Crippen molar-refractivity contribution >= 4 is 17.9 Å². The Morgan fingerprint density at radius 1 is 0.611 bits per heavy atom. The molecule has 36 heavy (non-hydrogen) atoms. The normalized spacial score (nSPS) is 10.7. The Kier molecular flexibility index (Phi) is 13.5. The van der Waals surface area contributed by atoms with Crippen LogP contribution in [0.4, 0.5) is 0 Å². The van der Waals surface area contributed by atoms with Crippen molar-refractivity contribution in [1.29, 1.82) is 0 Å². The van der Waals surface area contributed by atoms with Gasteiger partial charge in [0.1, 0.15) is 17.2 Å². The summed E-state index contributed by atoms with van der Waals surface area (Å²) in [5, 5.41) is 0. The average molecular weight is 497 g/mol. The van der Waals surface area contributed by atoms with Crippen molar-refractivity contribution < 1.29 is 33.3 Å². The Morgan fingerprint density at radius 3 is 1.61 bits per heavy atom. The molecule has 0 atom stereocenters. The molecular formula is C29H36O7. The molecule has 0 aliphatic carbocycles. The number of benzene rings is 2. The van der Waals surface area contributed by atoms with Crippen LogP contribution in [0.3, 0.4) is 0 Å². The van der Waals surface area contributed by atoms with Crippen LogP contribution in [0.2, 0.25) is 0 Å². The second-order valence-electron chi connectivity index (χ2n) is 8.28. The van der Waals surface area contributed by atoms with E-state index in [1.54, 1.807) is 24.3 Å². The van der Waals surface area contributed by atoms with E-state index in [0.29, 0.717) is 30.3 Å². The minimum atomic E-state index is -0.745. The summed E-state index contributed by atoms with van der Waals surface area (Å²) in [5.41, 5.74) is 0.373. The van der Waals surface area contributed by atoms with Gasteiger partial charge in [-0.05, 0) is 61.4 Å². The lowest BCUT2D eigenvalue weighted by Crippen LogP contribution is -2.09. The molecule has 0 aliphatic heterocycles. The van der Waals surface area contributed by atoms with E-state index in [9.17, 15) is 14.4 Å². The molecule has 0 spiro atoms. The lowest BCUT2D eigenvalue weighted by atomic mass is 10.2. The Labute approximate surface area is 213 Å². The molecule has 0 fully saturated rings. The van der Waals surface area contributed by atoms with Crippen molar-refractivity contribution in [3.8, 4) is 17.2 Å². The van der Waals surface area contributed by atoms with Crippen LogP contribution >= 0.6 is 0 Å². The fourth-order valence-corrected chi connectivity index (χ4v) is 3.20. The maximum Gasteiger partial charge on any atom is 0.338 e. The highest BCUT2D eigenvalue weighted by Gasteiger charge is 2.09. The van der Waals surface area contributed by atoms with E-state index in [1.807, 2.05) is 0 Å². The predicted molar refractivity (Wildman–Crippen MR) is 137 cm³/mol. The van der Waals surface area contributed by atoms with Crippen LogP contribution < -0.4 is 14.2 Å². The third-order valence-electron chi connectivity index (χ3n) is 5.20. The second-order valence-corrected chi connectivity index (χ2v) is 8.28. The number of ether oxygens (including phenoxy) is 4. The lowest BCUT2D eigenvalue weighted by Gasteiger charge is -2.07. The first kappa shape index (κ1) is 28.6. The minimum absolute atomic E-state index is 0.239. The molecule has 194 valence electrons. The maximum atomic E-state index is 12.0. The summed E-state index contributed by atoms with van der Waals surface area (Å²) < 4.78 is 21.2. The molecule has 0 radical (unpaired) electrons. The van der Waals surface area contributed by atoms with Gasteiger partial charge in [0.15, 0.2) is 0 Å². The molecular weight excluding hydrogens is 460 g/mol. The van der Waals surface area contributed by atoms with E-state index in [4.69, 9.17) is 18.9 Å². The quantitative estimate of drug-likeness (QED) is 0.114. The van der Waals surface area contributed by atoms with Gasteiger partial charge in [-0.1, -0.05) is 52.4 Å². The summed E-state index contributed by atoms with van der Waals surface area (Å²) in [4.78, 5) is 36.0. The van der Waals surface area contributed by atoms with Gasteiger partial charge in [-0.3, -0.25) is 0 Å². The van der Waals surface area contributed by atoms with Crippen LogP contribution in [0.1, 0.15) is 75.6 Å². The molecule has 0 saturated heterocycles. The van der Waals surface area contributed by atoms with Crippen LogP contribution in [-0.4, -0.2) is 31.1 Å². The van der Waals surface area contributed by atoms with E-state index >= 15 is 0 Å². The van der Waals surface area contributed by atoms with Gasteiger partial charge < -0.3 is 18.9 Å². The van der Waals surface area contributed by atoms with Gasteiger partial charge in [-0.2, -0.15) is 0 Å². The van der Waals surface area contributed by atoms with Gasteiger partial charge in [0.2, 0.25) is 0 Å². The highest BCUT2D eigenvalue weighted by Crippen LogP contribution is 2.18. The Balaban J connectivity index is 1.72. The van der Waals surface area contributed by atoms with Gasteiger partial charge in [-0.25, -0.2) is 14.4 Å². The first-order valence-electron chi connectivity index (χ1n) is 12.6. The number of unbranched alkanes of at least 4 members (excludes halogenated alkanes) is 6. The fraction of sp³-hybridized carbons (Fsp3) is 0.414. The number of hydrogen-bond donors (Lipinski definition) is 0. The van der Waals surface area contributed by atoms with E-state index < -0.39 is 17.9 Å². The molecule has 0 unspecified atom stereocenters. The van der Waals surface area contributed by atoms with Gasteiger partial charge in [-0.15, -0.1) is 0 Å². The summed E-state index contributed by atoms with van der Waals surface area (Å²) in [7, 11) is 0. The van der Waals surface area contributed by atoms with Crippen LogP contribution in [-0.2, 0) is 14.3 Å². The zero-order valence-corrected chi connectivity index (χ0v) is 21.2. The number of rotatable bonds is 16. The zero-order chi connectivity index (χ0) is 26.0. The zero-order valence-electron chi connectivity index (χ0n) is 21.2. The fourth-order valence-electron chi connectivity index (χ4n) is 3.20. The van der Waals surface area contributed by atoms with E-state index in [2.05, 4.69) is 13.8 Å². The van der Waals surface area contributed by atoms with Gasteiger partial charge in [0, 0.05) is 12.2 Å². The van der Waals surface area contributed by atoms with Crippen LogP contribution in [0.5, 0.6) is 17.2 Å². The first-order chi connectivity index (χ1) is 17.5. The molecule has 7 heteroatoms. The summed E-state index contributed by atoms with van der Waals surface area (Å²) in [6, 6.07) is 12.7. The van der Waals surface area contributed by atoms with Crippen molar-refractivity contribution in [3.63, 3.8) is 0 Å². The molecule has 0 bridgehead atoms. The average Bonchev–Trinajstić information content (AvgIpc) is 2.88. The summed E-state index contributed by atoms with van der Waals surface area (Å²) in [5.74, 6) is -0.593. The molecule has 0 amide bonds. The highest BCUT2D eigenvalue weighted by molar-refractivity contribution is 5.93. The summed E-state index contributed by atoms with van der Waals surface area (Å²) in [6.45, 7) is 5.31. The Hall–Kier alpha value is -3.61. The molecule has 7 nitrogen and oxygen atoms in total. The van der Waals surface area contributed by atoms with Gasteiger partial charge >= 0.3 is 17.9 Å². The third kappa shape index (κ3) is 11.7. The largest absolute Gasteiger partial charge is 0.494 e. The van der Waals surface area contributed by atoms with Crippen molar-refractivity contribution in [2.45, 2.75) is 65.2 Å². The molecule has 2 aromatic rings. The number of esters is 3. The predicted octanol–water partition coefficient (Wildman–Crippen LogP) is 6.45. The maximum absolute atomic E-state index is 12.0. The molecule has 0 heterocycles. The van der Waals surface area contributed by atoms with Gasteiger partial charge in [0.25, 0.3) is 0 Å². The molecule has 0 aromatic heterocycles. The van der Waals surface area contributed by atoms with E-state index in [0.717, 1.165) is 50.7 Å².